The maximum atomic E-state index is 12.5. The molecule has 0 aliphatic carbocycles. The van der Waals surface area contributed by atoms with Crippen LogP contribution in [0.25, 0.3) is 0 Å². The Kier molecular flexibility index (Phi) is 8.07. The summed E-state index contributed by atoms with van der Waals surface area (Å²) in [5.74, 6) is 0.896. The maximum Gasteiger partial charge on any atom is 0.162 e. The van der Waals surface area contributed by atoms with Crippen LogP contribution in [0.2, 0.25) is 10.0 Å². The van der Waals surface area contributed by atoms with Gasteiger partial charge in [-0.15, -0.1) is 0 Å². The van der Waals surface area contributed by atoms with Gasteiger partial charge in [-0.3, -0.25) is 4.79 Å². The van der Waals surface area contributed by atoms with Gasteiger partial charge in [-0.25, -0.2) is 0 Å². The van der Waals surface area contributed by atoms with Crippen molar-refractivity contribution in [2.45, 2.75) is 37.5 Å². The molecule has 3 nitrogen and oxygen atoms in total. The van der Waals surface area contributed by atoms with E-state index in [9.17, 15) is 4.79 Å². The molecular weight excluding hydrogens is 507 g/mol. The van der Waals surface area contributed by atoms with E-state index in [-0.39, 0.29) is 11.2 Å². The van der Waals surface area contributed by atoms with Crippen molar-refractivity contribution in [1.82, 2.24) is 4.90 Å². The molecule has 2 saturated heterocycles. The van der Waals surface area contributed by atoms with E-state index in [2.05, 4.69) is 33.6 Å². The van der Waals surface area contributed by atoms with E-state index in [0.29, 0.717) is 22.4 Å². The van der Waals surface area contributed by atoms with Gasteiger partial charge >= 0.3 is 0 Å². The topological polar surface area (TPSA) is 23.6 Å². The molecule has 0 N–H and O–H groups in total. The van der Waals surface area contributed by atoms with E-state index in [1.165, 1.54) is 5.56 Å². The molecule has 5 rings (SSSR count). The second kappa shape index (κ2) is 11.3. The number of likely N-dealkylation sites (tertiary alicyclic amines) is 1. The van der Waals surface area contributed by atoms with E-state index < -0.39 is 0 Å². The second-order valence-corrected chi connectivity index (χ2v) is 11.9. The number of thiophene rings is 1. The number of rotatable bonds is 8. The minimum Gasteiger partial charge on any atom is -0.368 e. The molecule has 1 radical (unpaired) electrons. The molecule has 3 heterocycles. The lowest BCUT2D eigenvalue weighted by Crippen LogP contribution is -2.46. The summed E-state index contributed by atoms with van der Waals surface area (Å²) < 4.78 is 0. The number of hydrogen-bond donors (Lipinski definition) is 0. The van der Waals surface area contributed by atoms with Crippen molar-refractivity contribution in [1.29, 1.82) is 0 Å². The molecule has 6 heteroatoms. The summed E-state index contributed by atoms with van der Waals surface area (Å²) in [6.07, 6.45) is 5.03. The molecule has 1 atom stereocenters. The molecule has 0 unspecified atom stereocenters. The number of ketones is 1. The van der Waals surface area contributed by atoms with Crippen molar-refractivity contribution in [3.05, 3.63) is 93.0 Å². The highest BCUT2D eigenvalue weighted by molar-refractivity contribution is 7.08. The first-order valence-corrected chi connectivity index (χ1v) is 14.5. The molecule has 3 aromatic rings. The summed E-state index contributed by atoms with van der Waals surface area (Å²) in [5.41, 5.74) is 4.05. The zero-order valence-electron chi connectivity index (χ0n) is 20.6. The number of hydrogen-bond acceptors (Lipinski definition) is 4. The van der Waals surface area contributed by atoms with Gasteiger partial charge in [-0.2, -0.15) is 11.3 Å². The summed E-state index contributed by atoms with van der Waals surface area (Å²) in [6.45, 7) is 9.12. The maximum absolute atomic E-state index is 12.5. The number of Topliss-reactive ketones (excluding diaryl/α,β-unsaturated/α-hetero) is 1. The average molecular weight is 541 g/mol. The fourth-order valence-corrected chi connectivity index (χ4v) is 7.31. The first-order chi connectivity index (χ1) is 17.4. The molecule has 36 heavy (non-hydrogen) atoms. The minimum absolute atomic E-state index is 0.0555. The monoisotopic (exact) mass is 539 g/mol. The molecular formula is C30H33Cl2N2OS. The van der Waals surface area contributed by atoms with Gasteiger partial charge in [0.05, 0.1) is 15.7 Å². The quantitative estimate of drug-likeness (QED) is 0.273. The van der Waals surface area contributed by atoms with Crippen LogP contribution in [0.5, 0.6) is 0 Å². The van der Waals surface area contributed by atoms with Gasteiger partial charge in [0.1, 0.15) is 0 Å². The molecule has 0 saturated carbocycles. The van der Waals surface area contributed by atoms with Gasteiger partial charge in [0, 0.05) is 37.0 Å². The van der Waals surface area contributed by atoms with Crippen molar-refractivity contribution in [3.63, 3.8) is 0 Å². The zero-order chi connectivity index (χ0) is 25.1. The molecule has 2 aliphatic rings. The third-order valence-corrected chi connectivity index (χ3v) is 9.47. The van der Waals surface area contributed by atoms with Gasteiger partial charge in [-0.05, 0) is 85.6 Å². The van der Waals surface area contributed by atoms with Gasteiger partial charge < -0.3 is 9.80 Å². The molecule has 1 aromatic heterocycles. The lowest BCUT2D eigenvalue weighted by molar-refractivity contribution is 0.0957. The van der Waals surface area contributed by atoms with E-state index in [1.54, 1.807) is 11.3 Å². The Morgan fingerprint density at radius 3 is 2.56 bits per heavy atom. The lowest BCUT2D eigenvalue weighted by atomic mass is 9.79. The van der Waals surface area contributed by atoms with Crippen LogP contribution in [0.15, 0.2) is 59.3 Å². The van der Waals surface area contributed by atoms with Crippen molar-refractivity contribution in [2.75, 3.05) is 37.6 Å². The Bertz CT molecular complexity index is 1180. The number of carbonyl (C=O) groups excluding carboxylic acids is 1. The summed E-state index contributed by atoms with van der Waals surface area (Å²) in [4.78, 5) is 17.5. The van der Waals surface area contributed by atoms with Crippen LogP contribution in [0.1, 0.15) is 53.6 Å². The molecule has 0 bridgehead atoms. The summed E-state index contributed by atoms with van der Waals surface area (Å²) in [7, 11) is 0. The van der Waals surface area contributed by atoms with Crippen LogP contribution < -0.4 is 4.90 Å². The Balaban J connectivity index is 1.22. The largest absolute Gasteiger partial charge is 0.368 e. The van der Waals surface area contributed by atoms with Crippen LogP contribution in [-0.4, -0.2) is 43.4 Å². The van der Waals surface area contributed by atoms with Gasteiger partial charge in [-0.1, -0.05) is 59.6 Å². The van der Waals surface area contributed by atoms with Gasteiger partial charge in [0.15, 0.2) is 5.78 Å². The number of nitrogens with zero attached hydrogens (tertiary/aromatic N) is 2. The van der Waals surface area contributed by atoms with Crippen LogP contribution in [0.3, 0.4) is 0 Å². The number of anilines is 1. The van der Waals surface area contributed by atoms with Crippen molar-refractivity contribution in [3.8, 4) is 0 Å². The molecule has 2 aromatic carbocycles. The third kappa shape index (κ3) is 5.52. The number of carbonyl (C=O) groups is 1. The van der Waals surface area contributed by atoms with Crippen LogP contribution in [0.4, 0.5) is 5.69 Å². The third-order valence-electron chi connectivity index (χ3n) is 8.06. The highest BCUT2D eigenvalue weighted by Crippen LogP contribution is 2.44. The molecule has 2 aliphatic heterocycles. The Hall–Kier alpha value is -1.85. The van der Waals surface area contributed by atoms with Gasteiger partial charge in [0.25, 0.3) is 0 Å². The standard InChI is InChI=1S/C30H33Cl2N2OS/c1-22-7-9-26(31)29(28(22)32)34-17-14-30(21-34,25-13-18-36-19-25)20-33-15-11-23(12-16-33)8-10-27(35)24-5-3-2-4-6-24/h2-7,9,13,18-19,23H,1,8,10-12,14-17,20-21H2/t30-/m0/s1. The van der Waals surface area contributed by atoms with Crippen molar-refractivity contribution >= 4 is 46.0 Å². The number of piperidine rings is 1. The first-order valence-electron chi connectivity index (χ1n) is 12.8. The van der Waals surface area contributed by atoms with Gasteiger partial charge in [0.2, 0.25) is 0 Å². The van der Waals surface area contributed by atoms with E-state index in [0.717, 1.165) is 75.2 Å². The molecule has 0 spiro atoms. The Morgan fingerprint density at radius 1 is 1.06 bits per heavy atom. The highest BCUT2D eigenvalue weighted by atomic mass is 35.5. The molecule has 189 valence electrons. The Morgan fingerprint density at radius 2 is 1.83 bits per heavy atom. The second-order valence-electron chi connectivity index (χ2n) is 10.4. The zero-order valence-corrected chi connectivity index (χ0v) is 22.9. The predicted octanol–water partition coefficient (Wildman–Crippen LogP) is 7.76. The smallest absolute Gasteiger partial charge is 0.162 e. The fourth-order valence-electron chi connectivity index (χ4n) is 5.92. The molecule has 2 fully saturated rings. The van der Waals surface area contributed by atoms with Crippen LogP contribution in [0, 0.1) is 12.8 Å². The number of benzene rings is 2. The fraction of sp³-hybridized carbons (Fsp3) is 0.400. The van der Waals surface area contributed by atoms with Crippen LogP contribution >= 0.6 is 34.5 Å². The first kappa shape index (κ1) is 25.8. The minimum atomic E-state index is 0.0555. The SMILES string of the molecule is [CH2]c1ccc(Cl)c(N2CC[C@@](CN3CCC(CCC(=O)c4ccccc4)CC3)(c3ccsc3)C2)c1Cl. The summed E-state index contributed by atoms with van der Waals surface area (Å²) in [5, 5.41) is 5.85. The highest BCUT2D eigenvalue weighted by Gasteiger charge is 2.42. The van der Waals surface area contributed by atoms with E-state index in [1.807, 2.05) is 42.5 Å². The Labute approximate surface area is 229 Å². The normalized spacial score (nSPS) is 21.2. The van der Waals surface area contributed by atoms with E-state index in [4.69, 9.17) is 23.2 Å². The van der Waals surface area contributed by atoms with Crippen LogP contribution in [-0.2, 0) is 5.41 Å². The predicted molar refractivity (Wildman–Crippen MR) is 153 cm³/mol. The average Bonchev–Trinajstić information content (AvgIpc) is 3.58. The molecule has 0 amide bonds. The summed E-state index contributed by atoms with van der Waals surface area (Å²) >= 11 is 15.1. The van der Waals surface area contributed by atoms with E-state index >= 15 is 0 Å². The van der Waals surface area contributed by atoms with Crippen molar-refractivity contribution < 1.29 is 4.79 Å². The summed E-state index contributed by atoms with van der Waals surface area (Å²) in [6, 6.07) is 15.8. The van der Waals surface area contributed by atoms with Crippen molar-refractivity contribution in [2.24, 2.45) is 5.92 Å². The number of halogens is 2. The lowest BCUT2D eigenvalue weighted by Gasteiger charge is -2.39.